The first-order valence-electron chi connectivity index (χ1n) is 6.94. The molecule has 2 nitrogen and oxygen atoms in total. The van der Waals surface area contributed by atoms with Gasteiger partial charge >= 0.3 is 0 Å². The highest BCUT2D eigenvalue weighted by Gasteiger charge is 2.21. The van der Waals surface area contributed by atoms with Crippen LogP contribution in [0.2, 0.25) is 0 Å². The lowest BCUT2D eigenvalue weighted by molar-refractivity contribution is 0.820. The Balaban J connectivity index is 2.05. The number of anilines is 3. The summed E-state index contributed by atoms with van der Waals surface area (Å²) in [7, 11) is 2.15. The minimum atomic E-state index is 0.570. The molecule has 0 unspecified atom stereocenters. The number of likely N-dealkylation sites (N-methyl/N-ethyl adjacent to an activating group) is 1. The van der Waals surface area contributed by atoms with Crippen LogP contribution >= 0.6 is 11.6 Å². The van der Waals surface area contributed by atoms with Gasteiger partial charge in [-0.05, 0) is 36.2 Å². The summed E-state index contributed by atoms with van der Waals surface area (Å²) in [5.74, 6) is 0.570. The first kappa shape index (κ1) is 13.3. The van der Waals surface area contributed by atoms with Crippen molar-refractivity contribution < 1.29 is 0 Å². The van der Waals surface area contributed by atoms with Crippen molar-refractivity contribution in [3.8, 4) is 0 Å². The van der Waals surface area contributed by atoms with Crippen molar-refractivity contribution in [3.63, 3.8) is 0 Å². The van der Waals surface area contributed by atoms with Crippen LogP contribution in [0.3, 0.4) is 0 Å². The smallest absolute Gasteiger partial charge is 0.0649 e. The summed E-state index contributed by atoms with van der Waals surface area (Å²) in [6, 6.07) is 15.1. The van der Waals surface area contributed by atoms with Crippen molar-refractivity contribution in [1.29, 1.82) is 0 Å². The highest BCUT2D eigenvalue weighted by Crippen LogP contribution is 2.38. The number of alkyl halides is 1. The summed E-state index contributed by atoms with van der Waals surface area (Å²) >= 11 is 5.92. The molecular weight excluding hydrogens is 268 g/mol. The van der Waals surface area contributed by atoms with E-state index in [2.05, 4.69) is 66.2 Å². The summed E-state index contributed by atoms with van der Waals surface area (Å²) in [6.07, 6.45) is 0. The summed E-state index contributed by atoms with van der Waals surface area (Å²) in [4.78, 5) is 4.72. The van der Waals surface area contributed by atoms with E-state index in [1.165, 1.54) is 28.2 Å². The number of halogens is 1. The van der Waals surface area contributed by atoms with Crippen molar-refractivity contribution >= 4 is 28.7 Å². The highest BCUT2D eigenvalue weighted by molar-refractivity contribution is 6.17. The van der Waals surface area contributed by atoms with E-state index in [0.717, 1.165) is 13.1 Å². The maximum absolute atomic E-state index is 5.92. The molecule has 104 valence electrons. The van der Waals surface area contributed by atoms with Crippen LogP contribution in [0, 0.1) is 6.92 Å². The standard InChI is InChI=1S/C17H19ClN2/c1-13-11-14(12-18)7-8-15(13)20-10-9-19(2)16-5-3-4-6-17(16)20/h3-8,11H,9-10,12H2,1-2H3. The topological polar surface area (TPSA) is 6.48 Å². The predicted molar refractivity (Wildman–Crippen MR) is 87.5 cm³/mol. The molecule has 20 heavy (non-hydrogen) atoms. The van der Waals surface area contributed by atoms with Crippen LogP contribution in [0.1, 0.15) is 11.1 Å². The van der Waals surface area contributed by atoms with E-state index >= 15 is 0 Å². The third-order valence-corrected chi connectivity index (χ3v) is 4.26. The van der Waals surface area contributed by atoms with E-state index < -0.39 is 0 Å². The summed E-state index contributed by atoms with van der Waals surface area (Å²) in [6.45, 7) is 4.20. The molecule has 0 atom stereocenters. The second-order valence-electron chi connectivity index (χ2n) is 5.32. The molecular formula is C17H19ClN2. The fourth-order valence-electron chi connectivity index (χ4n) is 2.86. The Kier molecular flexibility index (Phi) is 3.58. The Morgan fingerprint density at radius 2 is 1.75 bits per heavy atom. The number of hydrogen-bond donors (Lipinski definition) is 0. The van der Waals surface area contributed by atoms with Crippen molar-refractivity contribution in [1.82, 2.24) is 0 Å². The van der Waals surface area contributed by atoms with Crippen molar-refractivity contribution in [2.24, 2.45) is 0 Å². The summed E-state index contributed by atoms with van der Waals surface area (Å²) in [5, 5.41) is 0. The largest absolute Gasteiger partial charge is 0.371 e. The zero-order valence-electron chi connectivity index (χ0n) is 11.9. The van der Waals surface area contributed by atoms with Gasteiger partial charge in [0.15, 0.2) is 0 Å². The highest BCUT2D eigenvalue weighted by atomic mass is 35.5. The van der Waals surface area contributed by atoms with Gasteiger partial charge in [0, 0.05) is 31.7 Å². The lowest BCUT2D eigenvalue weighted by Gasteiger charge is -2.37. The van der Waals surface area contributed by atoms with Gasteiger partial charge in [0.2, 0.25) is 0 Å². The van der Waals surface area contributed by atoms with Crippen LogP contribution in [0.5, 0.6) is 0 Å². The lowest BCUT2D eigenvalue weighted by Crippen LogP contribution is -2.36. The van der Waals surface area contributed by atoms with Gasteiger partial charge < -0.3 is 9.80 Å². The number of rotatable bonds is 2. The zero-order chi connectivity index (χ0) is 14.1. The molecule has 1 heterocycles. The van der Waals surface area contributed by atoms with E-state index in [0.29, 0.717) is 5.88 Å². The number of para-hydroxylation sites is 2. The van der Waals surface area contributed by atoms with E-state index in [4.69, 9.17) is 11.6 Å². The van der Waals surface area contributed by atoms with E-state index in [9.17, 15) is 0 Å². The van der Waals surface area contributed by atoms with Gasteiger partial charge in [-0.2, -0.15) is 0 Å². The molecule has 0 amide bonds. The molecule has 0 saturated heterocycles. The van der Waals surface area contributed by atoms with Crippen LogP contribution < -0.4 is 9.80 Å². The zero-order valence-corrected chi connectivity index (χ0v) is 12.7. The van der Waals surface area contributed by atoms with Gasteiger partial charge in [-0.15, -0.1) is 11.6 Å². The number of benzene rings is 2. The number of fused-ring (bicyclic) bond motifs is 1. The molecule has 0 aromatic heterocycles. The Morgan fingerprint density at radius 1 is 1.00 bits per heavy atom. The molecule has 3 rings (SSSR count). The predicted octanol–water partition coefficient (Wildman–Crippen LogP) is 4.32. The first-order chi connectivity index (χ1) is 9.70. The van der Waals surface area contributed by atoms with Crippen LogP contribution in [0.4, 0.5) is 17.1 Å². The molecule has 3 heteroatoms. The molecule has 0 aliphatic carbocycles. The average Bonchev–Trinajstić information content (AvgIpc) is 2.48. The SMILES string of the molecule is Cc1cc(CCl)ccc1N1CCN(C)c2ccccc21. The lowest BCUT2D eigenvalue weighted by atomic mass is 10.1. The molecule has 0 fully saturated rings. The minimum absolute atomic E-state index is 0.570. The molecule has 2 aromatic rings. The third-order valence-electron chi connectivity index (χ3n) is 3.95. The molecule has 1 aliphatic rings. The second kappa shape index (κ2) is 5.37. The van der Waals surface area contributed by atoms with Crippen LogP contribution in [-0.4, -0.2) is 20.1 Å². The monoisotopic (exact) mass is 286 g/mol. The van der Waals surface area contributed by atoms with Gasteiger partial charge in [-0.25, -0.2) is 0 Å². The fourth-order valence-corrected chi connectivity index (χ4v) is 3.03. The van der Waals surface area contributed by atoms with Gasteiger partial charge in [-0.3, -0.25) is 0 Å². The Morgan fingerprint density at radius 3 is 2.45 bits per heavy atom. The maximum atomic E-state index is 5.92. The summed E-state index contributed by atoms with van der Waals surface area (Å²) < 4.78 is 0. The second-order valence-corrected chi connectivity index (χ2v) is 5.58. The van der Waals surface area contributed by atoms with Crippen molar-refractivity contribution in [2.75, 3.05) is 29.9 Å². The van der Waals surface area contributed by atoms with Crippen LogP contribution in [-0.2, 0) is 5.88 Å². The van der Waals surface area contributed by atoms with E-state index in [1.54, 1.807) is 0 Å². The summed E-state index contributed by atoms with van der Waals surface area (Å²) in [5.41, 5.74) is 6.31. The number of nitrogens with zero attached hydrogens (tertiary/aromatic N) is 2. The van der Waals surface area contributed by atoms with Crippen LogP contribution in [0.15, 0.2) is 42.5 Å². The van der Waals surface area contributed by atoms with Gasteiger partial charge in [0.1, 0.15) is 0 Å². The van der Waals surface area contributed by atoms with Crippen LogP contribution in [0.25, 0.3) is 0 Å². The van der Waals surface area contributed by atoms with Gasteiger partial charge in [-0.1, -0.05) is 24.3 Å². The van der Waals surface area contributed by atoms with Gasteiger partial charge in [0.05, 0.1) is 11.4 Å². The molecule has 2 aromatic carbocycles. The van der Waals surface area contributed by atoms with E-state index in [-0.39, 0.29) is 0 Å². The Bertz CT molecular complexity index is 624. The van der Waals surface area contributed by atoms with Crippen molar-refractivity contribution in [3.05, 3.63) is 53.6 Å². The molecule has 0 bridgehead atoms. The molecule has 0 saturated carbocycles. The molecule has 0 spiro atoms. The molecule has 0 N–H and O–H groups in total. The maximum Gasteiger partial charge on any atom is 0.0649 e. The molecule has 0 radical (unpaired) electrons. The normalized spacial score (nSPS) is 14.3. The Hall–Kier alpha value is -1.67. The fraction of sp³-hybridized carbons (Fsp3) is 0.294. The van der Waals surface area contributed by atoms with Crippen molar-refractivity contribution in [2.45, 2.75) is 12.8 Å². The number of hydrogen-bond acceptors (Lipinski definition) is 2. The first-order valence-corrected chi connectivity index (χ1v) is 7.47. The average molecular weight is 287 g/mol. The van der Waals surface area contributed by atoms with E-state index in [1.807, 2.05) is 0 Å². The number of aryl methyl sites for hydroxylation is 1. The van der Waals surface area contributed by atoms with Gasteiger partial charge in [0.25, 0.3) is 0 Å². The minimum Gasteiger partial charge on any atom is -0.371 e. The Labute approximate surface area is 125 Å². The third kappa shape index (κ3) is 2.25. The quantitative estimate of drug-likeness (QED) is 0.759. The molecule has 1 aliphatic heterocycles.